The van der Waals surface area contributed by atoms with E-state index in [2.05, 4.69) is 42.3 Å². The highest BCUT2D eigenvalue weighted by Crippen LogP contribution is 2.51. The van der Waals surface area contributed by atoms with E-state index >= 15 is 0 Å². The summed E-state index contributed by atoms with van der Waals surface area (Å²) in [6.45, 7) is 8.44. The number of nitriles is 1. The van der Waals surface area contributed by atoms with Crippen molar-refractivity contribution in [2.24, 2.45) is 17.8 Å². The number of nitrogens with zero attached hydrogens (tertiary/aromatic N) is 5. The zero-order chi connectivity index (χ0) is 33.8. The van der Waals surface area contributed by atoms with Crippen molar-refractivity contribution in [3.8, 4) is 11.8 Å². The molecule has 4 heterocycles. The molecule has 11 heteroatoms. The number of carbonyl (C=O) groups excluding carboxylic acids is 1. The Morgan fingerprint density at radius 2 is 1.92 bits per heavy atom. The molecule has 0 unspecified atom stereocenters. The number of halogens is 1. The van der Waals surface area contributed by atoms with Crippen LogP contribution in [0.2, 0.25) is 0 Å². The van der Waals surface area contributed by atoms with Gasteiger partial charge >= 0.3 is 6.09 Å². The molecule has 1 amide bonds. The summed E-state index contributed by atoms with van der Waals surface area (Å²) in [6.07, 6.45) is 9.42. The van der Waals surface area contributed by atoms with Crippen LogP contribution >= 0.6 is 0 Å². The number of hydrogen-bond acceptors (Lipinski definition) is 8. The summed E-state index contributed by atoms with van der Waals surface area (Å²) in [5, 5.41) is 19.6. The molecule has 0 bridgehead atoms. The lowest BCUT2D eigenvalue weighted by molar-refractivity contribution is 0.0223. The molecule has 0 spiro atoms. The Balaban J connectivity index is 1.02. The average molecular weight is 670 g/mol. The van der Waals surface area contributed by atoms with Crippen molar-refractivity contribution < 1.29 is 18.7 Å². The molecule has 3 saturated heterocycles. The number of hydrogen-bond donors (Lipinski definition) is 2. The Morgan fingerprint density at radius 1 is 1.08 bits per heavy atom. The highest BCUT2D eigenvalue weighted by atomic mass is 19.1. The predicted octanol–water partition coefficient (Wildman–Crippen LogP) is 5.32. The van der Waals surface area contributed by atoms with Crippen LogP contribution in [0.4, 0.5) is 14.9 Å². The Hall–Kier alpha value is -4.14. The molecular formula is C38H48FN7O3. The molecule has 3 aromatic rings. The number of rotatable bonds is 12. The molecule has 3 aliphatic heterocycles. The molecule has 4 fully saturated rings. The molecule has 49 heavy (non-hydrogen) atoms. The number of ether oxygens (including phenoxy) is 2. The lowest BCUT2D eigenvalue weighted by Crippen LogP contribution is -2.60. The molecular weight excluding hydrogens is 621 g/mol. The molecule has 7 rings (SSSR count). The first-order chi connectivity index (χ1) is 23.9. The Bertz CT molecular complexity index is 1610. The molecule has 2 N–H and O–H groups in total. The molecule has 1 saturated carbocycles. The smallest absolute Gasteiger partial charge is 0.407 e. The highest BCUT2D eigenvalue weighted by Gasteiger charge is 2.53. The van der Waals surface area contributed by atoms with E-state index in [0.717, 1.165) is 101 Å². The SMILES string of the molecule is COC(=O)N[C@H]1CCC[C@@H]1[C@](CN1CCC1)(c1cccc(F)c1)C1CCN(CC2CN(c3ccc(C#N)c(OCc4cn[nH]c4)c3)C2)CC1. The van der Waals surface area contributed by atoms with Crippen LogP contribution in [0.1, 0.15) is 55.2 Å². The first kappa shape index (κ1) is 33.4. The maximum Gasteiger partial charge on any atom is 0.407 e. The van der Waals surface area contributed by atoms with Crippen LogP contribution in [0.5, 0.6) is 5.75 Å². The van der Waals surface area contributed by atoms with Gasteiger partial charge in [-0.25, -0.2) is 9.18 Å². The Morgan fingerprint density at radius 3 is 2.61 bits per heavy atom. The van der Waals surface area contributed by atoms with E-state index in [-0.39, 0.29) is 29.3 Å². The van der Waals surface area contributed by atoms with Gasteiger partial charge in [0.25, 0.3) is 0 Å². The lowest BCUT2D eigenvalue weighted by Gasteiger charge is -2.54. The summed E-state index contributed by atoms with van der Waals surface area (Å²) in [5.41, 5.74) is 3.37. The minimum atomic E-state index is -0.377. The number of piperidine rings is 1. The lowest BCUT2D eigenvalue weighted by atomic mass is 9.57. The fraction of sp³-hybridized carbons (Fsp3) is 0.553. The van der Waals surface area contributed by atoms with Gasteiger partial charge in [0.15, 0.2) is 0 Å². The Labute approximate surface area is 288 Å². The van der Waals surface area contributed by atoms with Crippen molar-refractivity contribution in [1.29, 1.82) is 5.26 Å². The van der Waals surface area contributed by atoms with Crippen LogP contribution in [0.3, 0.4) is 0 Å². The number of anilines is 1. The average Bonchev–Trinajstić information content (AvgIpc) is 3.78. The number of carbonyl (C=O) groups is 1. The monoisotopic (exact) mass is 669 g/mol. The standard InChI is InChI=1S/C38H48FN7O3/c1-48-37(47)43-35-8-3-7-34(35)38(26-45-13-4-14-45,31-5-2-6-32(39)17-31)30-11-15-44(16-12-30)22-28-23-46(24-28)33-10-9-29(19-40)36(18-33)49-25-27-20-41-42-21-27/h2,5-6,9-10,17-18,20-21,28,30,34-35H,3-4,7-8,11-16,22-26H2,1H3,(H,41,42)(H,43,47)/t34-,35-,38-/m0/s1. The topological polar surface area (TPSA) is 110 Å². The fourth-order valence-corrected chi connectivity index (χ4v) is 9.07. The van der Waals surface area contributed by atoms with Crippen molar-refractivity contribution in [2.75, 3.05) is 64.4 Å². The highest BCUT2D eigenvalue weighted by molar-refractivity contribution is 5.67. The van der Waals surface area contributed by atoms with Crippen molar-refractivity contribution in [2.45, 2.75) is 56.6 Å². The third-order valence-electron chi connectivity index (χ3n) is 11.7. The molecule has 2 aromatic carbocycles. The van der Waals surface area contributed by atoms with Gasteiger partial charge < -0.3 is 29.5 Å². The second-order valence-corrected chi connectivity index (χ2v) is 14.5. The van der Waals surface area contributed by atoms with Gasteiger partial charge in [0.05, 0.1) is 18.9 Å². The van der Waals surface area contributed by atoms with Crippen LogP contribution in [-0.2, 0) is 16.8 Å². The molecule has 3 atom stereocenters. The molecule has 0 radical (unpaired) electrons. The van der Waals surface area contributed by atoms with E-state index in [1.165, 1.54) is 13.5 Å². The zero-order valence-electron chi connectivity index (χ0n) is 28.5. The zero-order valence-corrected chi connectivity index (χ0v) is 28.5. The van der Waals surface area contributed by atoms with E-state index in [1.54, 1.807) is 24.5 Å². The van der Waals surface area contributed by atoms with E-state index in [1.807, 2.05) is 24.3 Å². The molecule has 1 aliphatic carbocycles. The van der Waals surface area contributed by atoms with Crippen LogP contribution in [-0.4, -0.2) is 91.6 Å². The molecule has 4 aliphatic rings. The Kier molecular flexibility index (Phi) is 10.1. The minimum absolute atomic E-state index is 0.00905. The number of aromatic nitrogens is 2. The molecule has 10 nitrogen and oxygen atoms in total. The number of likely N-dealkylation sites (tertiary alicyclic amines) is 2. The number of nitrogens with one attached hydrogen (secondary N) is 2. The van der Waals surface area contributed by atoms with Crippen LogP contribution in [0, 0.1) is 34.9 Å². The molecule has 260 valence electrons. The van der Waals surface area contributed by atoms with Gasteiger partial charge in [0.1, 0.15) is 24.2 Å². The van der Waals surface area contributed by atoms with Crippen LogP contribution < -0.4 is 15.0 Å². The van der Waals surface area contributed by atoms with Gasteiger partial charge in [0.2, 0.25) is 0 Å². The van der Waals surface area contributed by atoms with Gasteiger partial charge in [-0.3, -0.25) is 5.10 Å². The number of H-pyrrole nitrogens is 1. The number of alkyl carbamates (subject to hydrolysis) is 1. The normalized spacial score (nSPS) is 23.2. The minimum Gasteiger partial charge on any atom is -0.487 e. The predicted molar refractivity (Wildman–Crippen MR) is 185 cm³/mol. The maximum absolute atomic E-state index is 15.0. The van der Waals surface area contributed by atoms with Crippen molar-refractivity contribution in [1.82, 2.24) is 25.3 Å². The van der Waals surface area contributed by atoms with E-state index in [0.29, 0.717) is 29.8 Å². The largest absolute Gasteiger partial charge is 0.487 e. The fourth-order valence-electron chi connectivity index (χ4n) is 9.07. The van der Waals surface area contributed by atoms with Crippen LogP contribution in [0.25, 0.3) is 0 Å². The number of amides is 1. The van der Waals surface area contributed by atoms with Gasteiger partial charge in [-0.05, 0) is 99.9 Å². The number of aromatic amines is 1. The third kappa shape index (κ3) is 7.12. The summed E-state index contributed by atoms with van der Waals surface area (Å²) in [7, 11) is 1.43. The van der Waals surface area contributed by atoms with E-state index in [9.17, 15) is 14.4 Å². The van der Waals surface area contributed by atoms with Crippen LogP contribution in [0.15, 0.2) is 54.9 Å². The summed E-state index contributed by atoms with van der Waals surface area (Å²) in [6, 6.07) is 15.4. The van der Waals surface area contributed by atoms with Gasteiger partial charge in [-0.2, -0.15) is 10.4 Å². The first-order valence-corrected chi connectivity index (χ1v) is 17.9. The second kappa shape index (κ2) is 14.8. The molecule has 1 aromatic heterocycles. The van der Waals surface area contributed by atoms with Gasteiger partial charge in [0, 0.05) is 67.1 Å². The van der Waals surface area contributed by atoms with Crippen molar-refractivity contribution >= 4 is 11.8 Å². The maximum atomic E-state index is 15.0. The summed E-state index contributed by atoms with van der Waals surface area (Å²) in [5.74, 6) is 1.57. The number of methoxy groups -OCH3 is 1. The summed E-state index contributed by atoms with van der Waals surface area (Å²) in [4.78, 5) is 20.0. The van der Waals surface area contributed by atoms with E-state index in [4.69, 9.17) is 9.47 Å². The summed E-state index contributed by atoms with van der Waals surface area (Å²) < 4.78 is 26.0. The number of benzene rings is 2. The third-order valence-corrected chi connectivity index (χ3v) is 11.7. The van der Waals surface area contributed by atoms with Crippen molar-refractivity contribution in [3.05, 3.63) is 77.4 Å². The van der Waals surface area contributed by atoms with Crippen molar-refractivity contribution in [3.63, 3.8) is 0 Å². The quantitative estimate of drug-likeness (QED) is 0.267. The second-order valence-electron chi connectivity index (χ2n) is 14.5. The van der Waals surface area contributed by atoms with E-state index < -0.39 is 0 Å². The van der Waals surface area contributed by atoms with Gasteiger partial charge in [-0.1, -0.05) is 18.6 Å². The van der Waals surface area contributed by atoms with Gasteiger partial charge in [-0.15, -0.1) is 0 Å². The summed E-state index contributed by atoms with van der Waals surface area (Å²) >= 11 is 0. The first-order valence-electron chi connectivity index (χ1n) is 17.9.